The average molecular weight is 426 g/mol. The predicted octanol–water partition coefficient (Wildman–Crippen LogP) is 2.01. The van der Waals surface area contributed by atoms with Gasteiger partial charge in [-0.15, -0.1) is 6.04 Å². The Balaban J connectivity index is 0.00000300. The molecule has 0 fully saturated rings. The molecule has 0 bridgehead atoms. The van der Waals surface area contributed by atoms with Gasteiger partial charge in [-0.25, -0.2) is 8.78 Å². The molecule has 0 radical (unpaired) electrons. The Kier molecular flexibility index (Phi) is 10.2. The zero-order valence-corrected chi connectivity index (χ0v) is 21.1. The minimum Gasteiger partial charge on any atom is -0.662 e. The molecular formula is C23H30F2KN3. The van der Waals surface area contributed by atoms with Gasteiger partial charge in [-0.3, -0.25) is 0 Å². The number of fused-ring (bicyclic) bond motifs is 1. The summed E-state index contributed by atoms with van der Waals surface area (Å²) in [7, 11) is 3.92. The second kappa shape index (κ2) is 11.9. The van der Waals surface area contributed by atoms with E-state index in [1.54, 1.807) is 7.05 Å². The third kappa shape index (κ3) is 6.82. The smallest absolute Gasteiger partial charge is 0.662 e. The zero-order valence-electron chi connectivity index (χ0n) is 18.0. The fraction of sp³-hybridized carbons (Fsp3) is 0.478. The van der Waals surface area contributed by atoms with Gasteiger partial charge in [-0.1, -0.05) is 25.5 Å². The van der Waals surface area contributed by atoms with Crippen molar-refractivity contribution in [3.8, 4) is 0 Å². The second-order valence-electron chi connectivity index (χ2n) is 7.65. The number of hydrogen-bond donors (Lipinski definition) is 1. The zero-order chi connectivity index (χ0) is 20.1. The summed E-state index contributed by atoms with van der Waals surface area (Å²) in [4.78, 5) is 2.32. The van der Waals surface area contributed by atoms with E-state index in [0.29, 0.717) is 18.0 Å². The molecule has 1 N–H and O–H groups in total. The van der Waals surface area contributed by atoms with Crippen molar-refractivity contribution in [3.63, 3.8) is 0 Å². The van der Waals surface area contributed by atoms with Crippen molar-refractivity contribution in [2.24, 2.45) is 0 Å². The monoisotopic (exact) mass is 425 g/mol. The molecule has 1 aliphatic heterocycles. The van der Waals surface area contributed by atoms with Gasteiger partial charge in [0.05, 0.1) is 0 Å². The van der Waals surface area contributed by atoms with Crippen LogP contribution in [0.5, 0.6) is 0 Å². The van der Waals surface area contributed by atoms with Crippen LogP contribution in [-0.4, -0.2) is 33.2 Å². The van der Waals surface area contributed by atoms with Gasteiger partial charge in [0.2, 0.25) is 0 Å². The summed E-state index contributed by atoms with van der Waals surface area (Å²) in [6, 6.07) is 10.8. The SMILES string of the molecule is CCc1ccc2c(c1)C(NCC[C@H](Cc1cc(F)cc(F)c1)[N-]C)CCN2C.[K+]. The maximum Gasteiger partial charge on any atom is 1.00 e. The molecule has 1 unspecified atom stereocenters. The number of likely N-dealkylation sites (N-methyl/N-ethyl adjacent to an activating group) is 1. The third-order valence-electron chi connectivity index (χ3n) is 5.67. The summed E-state index contributed by atoms with van der Waals surface area (Å²) in [6.45, 7) is 4.03. The predicted molar refractivity (Wildman–Crippen MR) is 112 cm³/mol. The van der Waals surface area contributed by atoms with E-state index in [1.165, 1.54) is 28.9 Å². The largest absolute Gasteiger partial charge is 1.00 e. The first-order valence-corrected chi connectivity index (χ1v) is 10.1. The van der Waals surface area contributed by atoms with Crippen LogP contribution in [0.1, 0.15) is 42.5 Å². The fourth-order valence-corrected chi connectivity index (χ4v) is 4.01. The van der Waals surface area contributed by atoms with Crippen LogP contribution in [0.15, 0.2) is 36.4 Å². The van der Waals surface area contributed by atoms with Crippen LogP contribution in [0, 0.1) is 11.6 Å². The van der Waals surface area contributed by atoms with Crippen LogP contribution < -0.4 is 61.6 Å². The van der Waals surface area contributed by atoms with Crippen molar-refractivity contribution in [2.45, 2.75) is 44.7 Å². The molecule has 1 heterocycles. The van der Waals surface area contributed by atoms with Crippen LogP contribution >= 0.6 is 0 Å². The summed E-state index contributed by atoms with van der Waals surface area (Å²) in [5.41, 5.74) is 4.68. The van der Waals surface area contributed by atoms with Crippen molar-refractivity contribution >= 4 is 5.69 Å². The molecule has 1 aliphatic rings. The first-order chi connectivity index (χ1) is 13.5. The van der Waals surface area contributed by atoms with Crippen LogP contribution in [0.25, 0.3) is 5.32 Å². The van der Waals surface area contributed by atoms with Crippen molar-refractivity contribution in [1.29, 1.82) is 0 Å². The van der Waals surface area contributed by atoms with E-state index in [4.69, 9.17) is 0 Å². The first kappa shape index (κ1) is 24.9. The Labute approximate surface area is 216 Å². The molecule has 0 spiro atoms. The van der Waals surface area contributed by atoms with Crippen molar-refractivity contribution in [2.75, 3.05) is 32.1 Å². The summed E-state index contributed by atoms with van der Waals surface area (Å²) in [5, 5.41) is 8.10. The van der Waals surface area contributed by atoms with Crippen LogP contribution in [0.3, 0.4) is 0 Å². The minimum absolute atomic E-state index is 0. The molecule has 152 valence electrons. The maximum absolute atomic E-state index is 13.4. The summed E-state index contributed by atoms with van der Waals surface area (Å²) in [5.74, 6) is -1.06. The summed E-state index contributed by atoms with van der Waals surface area (Å²) in [6.07, 6.45) is 3.49. The van der Waals surface area contributed by atoms with E-state index >= 15 is 0 Å². The molecule has 0 saturated carbocycles. The van der Waals surface area contributed by atoms with Gasteiger partial charge in [-0.2, -0.15) is 7.05 Å². The van der Waals surface area contributed by atoms with Gasteiger partial charge in [0, 0.05) is 31.4 Å². The van der Waals surface area contributed by atoms with Crippen LogP contribution in [0.2, 0.25) is 0 Å². The molecule has 0 aliphatic carbocycles. The normalized spacial score (nSPS) is 16.9. The standard InChI is InChI=1S/C23H30F2N3.K/c1-4-16-5-6-23-21(14-16)22(8-10-28(23)3)27-9-7-20(26-2)13-17-11-18(24)15-19(25)12-17;/h5-6,11-12,14-15,20,22,27H,4,7-10,13H2,1-3H3;/q-1;+1/t20-,22?;/m1./s1. The van der Waals surface area contributed by atoms with E-state index < -0.39 is 11.6 Å². The Morgan fingerprint density at radius 1 is 1.14 bits per heavy atom. The van der Waals surface area contributed by atoms with Gasteiger partial charge in [0.25, 0.3) is 0 Å². The summed E-state index contributed by atoms with van der Waals surface area (Å²) < 4.78 is 26.8. The van der Waals surface area contributed by atoms with Crippen molar-refractivity contribution < 1.29 is 60.2 Å². The Morgan fingerprint density at radius 2 is 1.86 bits per heavy atom. The molecule has 2 aromatic carbocycles. The van der Waals surface area contributed by atoms with Gasteiger partial charge in [0.15, 0.2) is 0 Å². The number of anilines is 1. The van der Waals surface area contributed by atoms with Gasteiger partial charge >= 0.3 is 51.4 Å². The van der Waals surface area contributed by atoms with Crippen LogP contribution in [0.4, 0.5) is 14.5 Å². The fourth-order valence-electron chi connectivity index (χ4n) is 4.01. The molecule has 0 saturated heterocycles. The minimum atomic E-state index is -0.530. The number of aryl methyl sites for hydroxylation is 1. The van der Waals surface area contributed by atoms with Gasteiger partial charge in [0.1, 0.15) is 11.6 Å². The molecule has 29 heavy (non-hydrogen) atoms. The molecule has 2 aromatic rings. The van der Waals surface area contributed by atoms with Crippen molar-refractivity contribution in [1.82, 2.24) is 5.32 Å². The molecule has 2 atom stereocenters. The number of halogens is 2. The first-order valence-electron chi connectivity index (χ1n) is 10.1. The van der Waals surface area contributed by atoms with Crippen LogP contribution in [-0.2, 0) is 12.8 Å². The van der Waals surface area contributed by atoms with Crippen molar-refractivity contribution in [3.05, 3.63) is 70.0 Å². The number of benzene rings is 2. The number of rotatable bonds is 8. The quantitative estimate of drug-likeness (QED) is 0.656. The topological polar surface area (TPSA) is 29.4 Å². The molecule has 3 nitrogen and oxygen atoms in total. The van der Waals surface area contributed by atoms with E-state index in [9.17, 15) is 8.78 Å². The van der Waals surface area contributed by atoms with E-state index in [0.717, 1.165) is 38.4 Å². The summed E-state index contributed by atoms with van der Waals surface area (Å²) >= 11 is 0. The van der Waals surface area contributed by atoms with Gasteiger partial charge < -0.3 is 15.5 Å². The number of nitrogens with one attached hydrogen (secondary N) is 1. The molecule has 3 rings (SSSR count). The maximum atomic E-state index is 13.4. The Hall–Kier alpha value is -0.344. The molecular weight excluding hydrogens is 395 g/mol. The number of hydrogen-bond acceptors (Lipinski definition) is 2. The Bertz CT molecular complexity index is 779. The van der Waals surface area contributed by atoms with E-state index in [1.807, 2.05) is 0 Å². The average Bonchev–Trinajstić information content (AvgIpc) is 2.67. The van der Waals surface area contributed by atoms with E-state index in [2.05, 4.69) is 47.7 Å². The second-order valence-corrected chi connectivity index (χ2v) is 7.65. The van der Waals surface area contributed by atoms with Gasteiger partial charge in [-0.05, 0) is 60.7 Å². The third-order valence-corrected chi connectivity index (χ3v) is 5.67. The molecule has 0 amide bonds. The Morgan fingerprint density at radius 3 is 2.52 bits per heavy atom. The van der Waals surface area contributed by atoms with E-state index in [-0.39, 0.29) is 57.4 Å². The molecule has 6 heteroatoms. The number of nitrogens with zero attached hydrogens (tertiary/aromatic N) is 2. The molecule has 0 aromatic heterocycles.